The zero-order valence-corrected chi connectivity index (χ0v) is 16.5. The van der Waals surface area contributed by atoms with Crippen molar-refractivity contribution in [3.05, 3.63) is 65.7 Å². The summed E-state index contributed by atoms with van der Waals surface area (Å²) in [5, 5.41) is 2.87. The van der Waals surface area contributed by atoms with Crippen molar-refractivity contribution in [1.82, 2.24) is 5.32 Å². The Labute approximate surface area is 168 Å². The standard InChI is InChI=1S/C22H23NO4S/c1-28-18-11-7-15(8-12-18)19(24)13-14-20(25)27-21(16-5-3-2-4-6-16)22(26)23-17-9-10-17/h2-8,11-12,17,21H,9-10,13-14H2,1H3,(H,23,26)/t21-/m0/s1. The van der Waals surface area contributed by atoms with E-state index in [4.69, 9.17) is 4.74 Å². The monoisotopic (exact) mass is 397 g/mol. The van der Waals surface area contributed by atoms with E-state index in [9.17, 15) is 14.4 Å². The van der Waals surface area contributed by atoms with Crippen molar-refractivity contribution >= 4 is 29.4 Å². The lowest BCUT2D eigenvalue weighted by Gasteiger charge is -2.18. The quantitative estimate of drug-likeness (QED) is 0.394. The molecule has 0 saturated heterocycles. The number of thioether (sulfide) groups is 1. The maximum Gasteiger partial charge on any atom is 0.307 e. The number of Topliss-reactive ketones (excluding diaryl/α,β-unsaturated/α-hetero) is 1. The van der Waals surface area contributed by atoms with Gasteiger partial charge in [0.15, 0.2) is 5.78 Å². The first-order valence-electron chi connectivity index (χ1n) is 9.29. The second kappa shape index (κ2) is 9.55. The molecule has 2 aromatic carbocycles. The smallest absolute Gasteiger partial charge is 0.307 e. The summed E-state index contributed by atoms with van der Waals surface area (Å²) in [6.45, 7) is 0. The van der Waals surface area contributed by atoms with Gasteiger partial charge in [-0.2, -0.15) is 0 Å². The van der Waals surface area contributed by atoms with Crippen molar-refractivity contribution in [1.29, 1.82) is 0 Å². The van der Waals surface area contributed by atoms with E-state index in [-0.39, 0.29) is 30.6 Å². The lowest BCUT2D eigenvalue weighted by molar-refractivity contribution is -0.156. The zero-order valence-electron chi connectivity index (χ0n) is 15.7. The van der Waals surface area contributed by atoms with Crippen LogP contribution < -0.4 is 5.32 Å². The van der Waals surface area contributed by atoms with Crippen LogP contribution in [-0.4, -0.2) is 30.0 Å². The van der Waals surface area contributed by atoms with Gasteiger partial charge in [0.2, 0.25) is 6.10 Å². The van der Waals surface area contributed by atoms with Crippen LogP contribution in [0.4, 0.5) is 0 Å². The van der Waals surface area contributed by atoms with E-state index in [0.717, 1.165) is 17.7 Å². The highest BCUT2D eigenvalue weighted by atomic mass is 32.2. The number of rotatable bonds is 9. The maximum atomic E-state index is 12.5. The van der Waals surface area contributed by atoms with Crippen LogP contribution in [0.5, 0.6) is 0 Å². The van der Waals surface area contributed by atoms with Gasteiger partial charge < -0.3 is 10.1 Å². The van der Waals surface area contributed by atoms with E-state index >= 15 is 0 Å². The van der Waals surface area contributed by atoms with E-state index in [1.807, 2.05) is 24.5 Å². The van der Waals surface area contributed by atoms with Crippen molar-refractivity contribution in [3.8, 4) is 0 Å². The Hall–Kier alpha value is -2.60. The Morgan fingerprint density at radius 1 is 1.04 bits per heavy atom. The average Bonchev–Trinajstić information content (AvgIpc) is 3.54. The fourth-order valence-corrected chi connectivity index (χ4v) is 3.14. The third-order valence-electron chi connectivity index (χ3n) is 4.48. The molecule has 28 heavy (non-hydrogen) atoms. The number of ether oxygens (including phenoxy) is 1. The fourth-order valence-electron chi connectivity index (χ4n) is 2.73. The number of benzene rings is 2. The van der Waals surface area contributed by atoms with Gasteiger partial charge in [-0.05, 0) is 31.2 Å². The lowest BCUT2D eigenvalue weighted by Crippen LogP contribution is -2.33. The van der Waals surface area contributed by atoms with Crippen molar-refractivity contribution in [2.24, 2.45) is 0 Å². The molecule has 1 atom stereocenters. The highest BCUT2D eigenvalue weighted by molar-refractivity contribution is 7.98. The number of hydrogen-bond donors (Lipinski definition) is 1. The number of carbonyl (C=O) groups excluding carboxylic acids is 3. The number of hydrogen-bond acceptors (Lipinski definition) is 5. The number of esters is 1. The van der Waals surface area contributed by atoms with Gasteiger partial charge in [0.25, 0.3) is 5.91 Å². The predicted molar refractivity (Wildman–Crippen MR) is 108 cm³/mol. The average molecular weight is 397 g/mol. The largest absolute Gasteiger partial charge is 0.447 e. The van der Waals surface area contributed by atoms with Crippen molar-refractivity contribution in [2.75, 3.05) is 6.26 Å². The summed E-state index contributed by atoms with van der Waals surface area (Å²) in [7, 11) is 0. The van der Waals surface area contributed by atoms with Crippen LogP contribution in [0.1, 0.15) is 47.7 Å². The minimum Gasteiger partial charge on any atom is -0.447 e. The Balaban J connectivity index is 1.58. The molecule has 0 radical (unpaired) electrons. The van der Waals surface area contributed by atoms with E-state index in [1.54, 1.807) is 48.2 Å². The van der Waals surface area contributed by atoms with Crippen LogP contribution in [0.2, 0.25) is 0 Å². The molecule has 0 spiro atoms. The molecule has 0 bridgehead atoms. The Morgan fingerprint density at radius 2 is 1.71 bits per heavy atom. The van der Waals surface area contributed by atoms with Gasteiger partial charge in [-0.3, -0.25) is 14.4 Å². The number of nitrogens with one attached hydrogen (secondary N) is 1. The molecule has 0 aromatic heterocycles. The van der Waals surface area contributed by atoms with Gasteiger partial charge in [-0.25, -0.2) is 0 Å². The van der Waals surface area contributed by atoms with Gasteiger partial charge in [-0.1, -0.05) is 42.5 Å². The Bertz CT molecular complexity index is 831. The Kier molecular flexibility index (Phi) is 6.87. The molecule has 1 saturated carbocycles. The number of amides is 1. The summed E-state index contributed by atoms with van der Waals surface area (Å²) < 4.78 is 5.44. The van der Waals surface area contributed by atoms with Gasteiger partial charge >= 0.3 is 5.97 Å². The number of carbonyl (C=O) groups is 3. The minimum atomic E-state index is -0.995. The second-order valence-corrected chi connectivity index (χ2v) is 7.59. The fraction of sp³-hybridized carbons (Fsp3) is 0.318. The summed E-state index contributed by atoms with van der Waals surface area (Å²) >= 11 is 1.60. The molecule has 0 unspecified atom stereocenters. The first-order valence-corrected chi connectivity index (χ1v) is 10.5. The highest BCUT2D eigenvalue weighted by Crippen LogP contribution is 2.24. The molecule has 0 aliphatic heterocycles. The maximum absolute atomic E-state index is 12.5. The highest BCUT2D eigenvalue weighted by Gasteiger charge is 2.30. The SMILES string of the molecule is CSc1ccc(C(=O)CCC(=O)O[C@H](C(=O)NC2CC2)c2ccccc2)cc1. The van der Waals surface area contributed by atoms with Crippen LogP contribution in [0.15, 0.2) is 59.5 Å². The second-order valence-electron chi connectivity index (χ2n) is 6.72. The normalized spacial score (nSPS) is 14.2. The van der Waals surface area contributed by atoms with Crippen LogP contribution >= 0.6 is 11.8 Å². The van der Waals surface area contributed by atoms with Crippen LogP contribution in [0, 0.1) is 0 Å². The molecule has 1 aliphatic rings. The van der Waals surface area contributed by atoms with Gasteiger partial charge in [0.1, 0.15) is 0 Å². The molecule has 0 heterocycles. The van der Waals surface area contributed by atoms with Crippen molar-refractivity contribution < 1.29 is 19.1 Å². The number of ketones is 1. The van der Waals surface area contributed by atoms with E-state index in [2.05, 4.69) is 5.32 Å². The van der Waals surface area contributed by atoms with E-state index in [0.29, 0.717) is 11.1 Å². The van der Waals surface area contributed by atoms with Crippen LogP contribution in [0.25, 0.3) is 0 Å². The third-order valence-corrected chi connectivity index (χ3v) is 5.23. The summed E-state index contributed by atoms with van der Waals surface area (Å²) in [5.74, 6) is -1.00. The summed E-state index contributed by atoms with van der Waals surface area (Å²) in [5.41, 5.74) is 1.18. The summed E-state index contributed by atoms with van der Waals surface area (Å²) in [4.78, 5) is 38.2. The molecule has 1 aliphatic carbocycles. The van der Waals surface area contributed by atoms with Crippen LogP contribution in [0.3, 0.4) is 0 Å². The molecule has 1 N–H and O–H groups in total. The lowest BCUT2D eigenvalue weighted by atomic mass is 10.1. The van der Waals surface area contributed by atoms with Crippen molar-refractivity contribution in [2.45, 2.75) is 42.7 Å². The molecule has 5 nitrogen and oxygen atoms in total. The first-order chi connectivity index (χ1) is 13.6. The molecule has 1 amide bonds. The molecule has 2 aromatic rings. The topological polar surface area (TPSA) is 72.5 Å². The van der Waals surface area contributed by atoms with Gasteiger partial charge in [-0.15, -0.1) is 11.8 Å². The Morgan fingerprint density at radius 3 is 2.32 bits per heavy atom. The molecular formula is C22H23NO4S. The summed E-state index contributed by atoms with van der Waals surface area (Å²) in [6.07, 6.45) is 2.85. The van der Waals surface area contributed by atoms with E-state index in [1.165, 1.54) is 0 Å². The zero-order chi connectivity index (χ0) is 19.9. The van der Waals surface area contributed by atoms with Crippen LogP contribution in [-0.2, 0) is 14.3 Å². The molecular weight excluding hydrogens is 374 g/mol. The molecule has 1 fully saturated rings. The predicted octanol–water partition coefficient (Wildman–Crippen LogP) is 3.93. The molecule has 6 heteroatoms. The van der Waals surface area contributed by atoms with Gasteiger partial charge in [0.05, 0.1) is 6.42 Å². The van der Waals surface area contributed by atoms with Crippen molar-refractivity contribution in [3.63, 3.8) is 0 Å². The first kappa shape index (κ1) is 20.1. The molecule has 146 valence electrons. The minimum absolute atomic E-state index is 0.0448. The van der Waals surface area contributed by atoms with Gasteiger partial charge in [0, 0.05) is 28.5 Å². The molecule has 3 rings (SSSR count). The van der Waals surface area contributed by atoms with E-state index < -0.39 is 12.1 Å². The summed E-state index contributed by atoms with van der Waals surface area (Å²) in [6, 6.07) is 16.4. The third kappa shape index (κ3) is 5.70.